The van der Waals surface area contributed by atoms with Crippen molar-refractivity contribution in [2.45, 2.75) is 19.9 Å². The number of piperazine rings is 1. The number of carbonyl (C=O) groups excluding carboxylic acids is 1. The molecule has 2 aromatic heterocycles. The normalized spacial score (nSPS) is 14.4. The minimum Gasteiger partial charge on any atom is -0.369 e. The van der Waals surface area contributed by atoms with E-state index >= 15 is 0 Å². The monoisotopic (exact) mass is 505 g/mol. The first kappa shape index (κ1) is 24.6. The van der Waals surface area contributed by atoms with Gasteiger partial charge in [-0.1, -0.05) is 0 Å². The molecule has 0 aliphatic carbocycles. The number of H-pyrrole nitrogens is 1. The van der Waals surface area contributed by atoms with Crippen molar-refractivity contribution in [2.24, 2.45) is 0 Å². The quantitative estimate of drug-likeness (QED) is 0.393. The number of hydrogen-bond acceptors (Lipinski definition) is 5. The maximum atomic E-state index is 14.9. The average molecular weight is 506 g/mol. The minimum absolute atomic E-state index is 0.0620. The Morgan fingerprint density at radius 3 is 2.43 bits per heavy atom. The molecule has 1 amide bonds. The molecule has 4 aromatic rings. The maximum Gasteiger partial charge on any atom is 0.273 e. The fraction of sp³-hybridized carbons (Fsp3) is 0.296. The second kappa shape index (κ2) is 10.1. The van der Waals surface area contributed by atoms with Crippen LogP contribution in [0.25, 0.3) is 22.8 Å². The third kappa shape index (κ3) is 5.10. The summed E-state index contributed by atoms with van der Waals surface area (Å²) < 4.78 is 30.3. The number of imidazole rings is 2. The number of benzene rings is 2. The van der Waals surface area contributed by atoms with Gasteiger partial charge in [0.15, 0.2) is 5.82 Å². The molecule has 0 atom stereocenters. The summed E-state index contributed by atoms with van der Waals surface area (Å²) in [6.07, 6.45) is 3.10. The first-order valence-electron chi connectivity index (χ1n) is 12.2. The summed E-state index contributed by atoms with van der Waals surface area (Å²) in [6.45, 7) is 7.49. The van der Waals surface area contributed by atoms with Crippen LogP contribution in [0.5, 0.6) is 0 Å². The molecule has 1 aliphatic heterocycles. The Morgan fingerprint density at radius 2 is 1.76 bits per heavy atom. The summed E-state index contributed by atoms with van der Waals surface area (Å²) in [5.41, 5.74) is 3.07. The van der Waals surface area contributed by atoms with Crippen LogP contribution in [0.4, 0.5) is 20.2 Å². The van der Waals surface area contributed by atoms with E-state index in [0.717, 1.165) is 37.4 Å². The number of aromatic amines is 1. The van der Waals surface area contributed by atoms with Crippen molar-refractivity contribution in [2.75, 3.05) is 43.4 Å². The fourth-order valence-corrected chi connectivity index (χ4v) is 4.42. The molecule has 8 nitrogen and oxygen atoms in total. The van der Waals surface area contributed by atoms with E-state index in [0.29, 0.717) is 17.2 Å². The molecule has 1 saturated heterocycles. The lowest BCUT2D eigenvalue weighted by Crippen LogP contribution is -2.44. The average Bonchev–Trinajstić information content (AvgIpc) is 3.54. The molecule has 37 heavy (non-hydrogen) atoms. The highest BCUT2D eigenvalue weighted by Crippen LogP contribution is 2.32. The molecular formula is C27H29F2N7O. The lowest BCUT2D eigenvalue weighted by molar-refractivity contribution is 0.102. The molecule has 5 rings (SSSR count). The second-order valence-corrected chi connectivity index (χ2v) is 9.50. The standard InChI is InChI=1S/C27H29F2N7O/c1-17(2)36-16-31-24(18-4-6-19(28)7-5-18)25(36)26-30-15-23(32-26)27(37)33-22-9-8-20(14-21(22)29)35-12-10-34(3)11-13-35/h4-9,14-17H,10-13H2,1-3H3,(H,30,32)(H,33,37). The predicted octanol–water partition coefficient (Wildman–Crippen LogP) is 4.80. The van der Waals surface area contributed by atoms with Gasteiger partial charge in [0.1, 0.15) is 23.0 Å². The highest BCUT2D eigenvalue weighted by Gasteiger charge is 2.22. The van der Waals surface area contributed by atoms with E-state index in [1.807, 2.05) is 24.5 Å². The van der Waals surface area contributed by atoms with Crippen LogP contribution < -0.4 is 10.2 Å². The maximum absolute atomic E-state index is 14.9. The van der Waals surface area contributed by atoms with Crippen molar-refractivity contribution in [3.05, 3.63) is 72.3 Å². The molecule has 2 N–H and O–H groups in total. The van der Waals surface area contributed by atoms with Crippen molar-refractivity contribution in [3.63, 3.8) is 0 Å². The summed E-state index contributed by atoms with van der Waals surface area (Å²) in [6, 6.07) is 11.0. The molecule has 0 saturated carbocycles. The number of aromatic nitrogens is 4. The lowest BCUT2D eigenvalue weighted by atomic mass is 10.1. The van der Waals surface area contributed by atoms with Crippen molar-refractivity contribution >= 4 is 17.3 Å². The predicted molar refractivity (Wildman–Crippen MR) is 140 cm³/mol. The molecular weight excluding hydrogens is 476 g/mol. The van der Waals surface area contributed by atoms with Gasteiger partial charge in [0, 0.05) is 43.5 Å². The smallest absolute Gasteiger partial charge is 0.273 e. The summed E-state index contributed by atoms with van der Waals surface area (Å²) in [5.74, 6) is -0.916. The highest BCUT2D eigenvalue weighted by molar-refractivity contribution is 6.03. The Balaban J connectivity index is 1.37. The molecule has 1 aliphatic rings. The summed E-state index contributed by atoms with van der Waals surface area (Å²) in [7, 11) is 2.07. The van der Waals surface area contributed by atoms with E-state index in [1.165, 1.54) is 24.4 Å². The summed E-state index contributed by atoms with van der Waals surface area (Å²) >= 11 is 0. The Morgan fingerprint density at radius 1 is 1.03 bits per heavy atom. The molecule has 0 unspecified atom stereocenters. The number of nitrogens with one attached hydrogen (secondary N) is 2. The summed E-state index contributed by atoms with van der Waals surface area (Å²) in [4.78, 5) is 29.3. The molecule has 1 fully saturated rings. The number of likely N-dealkylation sites (N-methyl/N-ethyl adjacent to an activating group) is 1. The van der Waals surface area contributed by atoms with E-state index in [1.54, 1.807) is 24.5 Å². The second-order valence-electron chi connectivity index (χ2n) is 9.50. The van der Waals surface area contributed by atoms with E-state index in [-0.39, 0.29) is 23.2 Å². The first-order valence-corrected chi connectivity index (χ1v) is 12.2. The van der Waals surface area contributed by atoms with Crippen LogP contribution in [0.15, 0.2) is 55.0 Å². The van der Waals surface area contributed by atoms with E-state index in [4.69, 9.17) is 0 Å². The van der Waals surface area contributed by atoms with Crippen LogP contribution in [0.1, 0.15) is 30.4 Å². The number of amides is 1. The van der Waals surface area contributed by atoms with Crippen LogP contribution in [-0.4, -0.2) is 63.6 Å². The summed E-state index contributed by atoms with van der Waals surface area (Å²) in [5, 5.41) is 2.64. The first-order chi connectivity index (χ1) is 17.8. The number of rotatable bonds is 6. The van der Waals surface area contributed by atoms with E-state index < -0.39 is 11.7 Å². The number of hydrogen-bond donors (Lipinski definition) is 2. The minimum atomic E-state index is -0.510. The number of halogens is 2. The molecule has 0 radical (unpaired) electrons. The van der Waals surface area contributed by atoms with Crippen LogP contribution >= 0.6 is 0 Å². The third-order valence-electron chi connectivity index (χ3n) is 6.58. The Kier molecular flexibility index (Phi) is 6.75. The van der Waals surface area contributed by atoms with Crippen LogP contribution in [0.2, 0.25) is 0 Å². The van der Waals surface area contributed by atoms with Gasteiger partial charge in [0.2, 0.25) is 0 Å². The number of nitrogens with zero attached hydrogens (tertiary/aromatic N) is 5. The van der Waals surface area contributed by atoms with Crippen LogP contribution in [0.3, 0.4) is 0 Å². The Labute approximate surface area is 214 Å². The zero-order chi connectivity index (χ0) is 26.1. The zero-order valence-electron chi connectivity index (χ0n) is 21.0. The lowest BCUT2D eigenvalue weighted by Gasteiger charge is -2.34. The van der Waals surface area contributed by atoms with Gasteiger partial charge in [-0.25, -0.2) is 18.7 Å². The largest absolute Gasteiger partial charge is 0.369 e. The van der Waals surface area contributed by atoms with E-state index in [9.17, 15) is 13.6 Å². The van der Waals surface area contributed by atoms with Crippen molar-refractivity contribution in [3.8, 4) is 22.8 Å². The Hall–Kier alpha value is -4.05. The van der Waals surface area contributed by atoms with Gasteiger partial charge in [0.25, 0.3) is 5.91 Å². The molecule has 3 heterocycles. The number of carbonyl (C=O) groups is 1. The fourth-order valence-electron chi connectivity index (χ4n) is 4.42. The van der Waals surface area contributed by atoms with Crippen LogP contribution in [0, 0.1) is 11.6 Å². The van der Waals surface area contributed by atoms with Crippen molar-refractivity contribution < 1.29 is 13.6 Å². The molecule has 10 heteroatoms. The van der Waals surface area contributed by atoms with Gasteiger partial charge in [-0.3, -0.25) is 4.79 Å². The van der Waals surface area contributed by atoms with Gasteiger partial charge in [-0.2, -0.15) is 0 Å². The van der Waals surface area contributed by atoms with Crippen molar-refractivity contribution in [1.29, 1.82) is 0 Å². The topological polar surface area (TPSA) is 82.1 Å². The van der Waals surface area contributed by atoms with E-state index in [2.05, 4.69) is 37.1 Å². The van der Waals surface area contributed by atoms with Gasteiger partial charge in [0.05, 0.1) is 23.9 Å². The SMILES string of the molecule is CC(C)n1cnc(-c2ccc(F)cc2)c1-c1ncc(C(=O)Nc2ccc(N3CCN(C)CC3)cc2F)[nH]1. The molecule has 2 aromatic carbocycles. The van der Waals surface area contributed by atoms with Gasteiger partial charge in [-0.05, 0) is 63.4 Å². The molecule has 0 bridgehead atoms. The zero-order valence-corrected chi connectivity index (χ0v) is 21.0. The van der Waals surface area contributed by atoms with Crippen LogP contribution in [-0.2, 0) is 0 Å². The highest BCUT2D eigenvalue weighted by atomic mass is 19.1. The Bertz CT molecular complexity index is 1400. The number of anilines is 2. The van der Waals surface area contributed by atoms with Gasteiger partial charge < -0.3 is 24.7 Å². The molecule has 192 valence electrons. The third-order valence-corrected chi connectivity index (χ3v) is 6.58. The van der Waals surface area contributed by atoms with Crippen molar-refractivity contribution in [1.82, 2.24) is 24.4 Å². The molecule has 0 spiro atoms. The van der Waals surface area contributed by atoms with Gasteiger partial charge >= 0.3 is 0 Å². The van der Waals surface area contributed by atoms with Gasteiger partial charge in [-0.15, -0.1) is 0 Å².